The van der Waals surface area contributed by atoms with Crippen LogP contribution in [0.4, 0.5) is 4.39 Å². The van der Waals surface area contributed by atoms with Crippen molar-refractivity contribution < 1.29 is 9.18 Å². The predicted octanol–water partition coefficient (Wildman–Crippen LogP) is 3.12. The van der Waals surface area contributed by atoms with E-state index >= 15 is 0 Å². The first kappa shape index (κ1) is 17.2. The van der Waals surface area contributed by atoms with Gasteiger partial charge in [0.15, 0.2) is 0 Å². The molecule has 1 saturated heterocycles. The molecule has 20 heavy (non-hydrogen) atoms. The van der Waals surface area contributed by atoms with Gasteiger partial charge in [0.1, 0.15) is 5.82 Å². The maximum atomic E-state index is 13.1. The van der Waals surface area contributed by atoms with E-state index in [1.165, 1.54) is 18.2 Å². The second-order valence-electron chi connectivity index (χ2n) is 4.88. The molecule has 1 heterocycles. The van der Waals surface area contributed by atoms with Gasteiger partial charge in [-0.25, -0.2) is 4.39 Å². The summed E-state index contributed by atoms with van der Waals surface area (Å²) in [5.74, 6) is -0.603. The molecule has 0 bridgehead atoms. The van der Waals surface area contributed by atoms with Crippen LogP contribution in [-0.4, -0.2) is 37.0 Å². The summed E-state index contributed by atoms with van der Waals surface area (Å²) in [5, 5.41) is 3.31. The van der Waals surface area contributed by atoms with Crippen molar-refractivity contribution in [2.24, 2.45) is 0 Å². The van der Waals surface area contributed by atoms with Crippen LogP contribution in [0.25, 0.3) is 0 Å². The van der Waals surface area contributed by atoms with Crippen LogP contribution >= 0.6 is 24.0 Å². The Labute approximate surface area is 129 Å². The SMILES string of the molecule is CN(C(=O)c1ccc(F)c(Cl)c1)C1CCCNCC1.Cl. The third-order valence-electron chi connectivity index (χ3n) is 3.58. The molecular formula is C14H19Cl2FN2O. The fraction of sp³-hybridized carbons (Fsp3) is 0.500. The Morgan fingerprint density at radius 2 is 2.15 bits per heavy atom. The molecule has 1 unspecified atom stereocenters. The van der Waals surface area contributed by atoms with Gasteiger partial charge in [0, 0.05) is 18.7 Å². The number of benzene rings is 1. The van der Waals surface area contributed by atoms with Crippen molar-refractivity contribution in [3.05, 3.63) is 34.6 Å². The molecule has 1 aliphatic heterocycles. The van der Waals surface area contributed by atoms with Crippen molar-refractivity contribution in [1.82, 2.24) is 10.2 Å². The quantitative estimate of drug-likeness (QED) is 0.908. The van der Waals surface area contributed by atoms with Crippen molar-refractivity contribution in [3.8, 4) is 0 Å². The van der Waals surface area contributed by atoms with Gasteiger partial charge in [-0.3, -0.25) is 4.79 Å². The number of nitrogens with zero attached hydrogens (tertiary/aromatic N) is 1. The van der Waals surface area contributed by atoms with E-state index in [-0.39, 0.29) is 29.4 Å². The Balaban J connectivity index is 0.00000200. The molecule has 1 amide bonds. The number of amides is 1. The fourth-order valence-corrected chi connectivity index (χ4v) is 2.57. The van der Waals surface area contributed by atoms with Gasteiger partial charge < -0.3 is 10.2 Å². The van der Waals surface area contributed by atoms with Gasteiger partial charge in [-0.1, -0.05) is 11.6 Å². The Morgan fingerprint density at radius 3 is 2.85 bits per heavy atom. The normalized spacial score (nSPS) is 18.9. The molecule has 6 heteroatoms. The monoisotopic (exact) mass is 320 g/mol. The molecule has 2 rings (SSSR count). The van der Waals surface area contributed by atoms with E-state index in [1.807, 2.05) is 0 Å². The summed E-state index contributed by atoms with van der Waals surface area (Å²) in [4.78, 5) is 14.1. The number of halogens is 3. The summed E-state index contributed by atoms with van der Waals surface area (Å²) in [6.45, 7) is 1.92. The smallest absolute Gasteiger partial charge is 0.253 e. The van der Waals surface area contributed by atoms with Crippen LogP contribution in [0.1, 0.15) is 29.6 Å². The predicted molar refractivity (Wildman–Crippen MR) is 81.3 cm³/mol. The number of hydrogen-bond donors (Lipinski definition) is 1. The summed E-state index contributed by atoms with van der Waals surface area (Å²) < 4.78 is 13.1. The summed E-state index contributed by atoms with van der Waals surface area (Å²) in [6, 6.07) is 4.34. The van der Waals surface area contributed by atoms with Crippen molar-refractivity contribution >= 4 is 29.9 Å². The topological polar surface area (TPSA) is 32.3 Å². The number of rotatable bonds is 2. The lowest BCUT2D eigenvalue weighted by Crippen LogP contribution is -2.37. The van der Waals surface area contributed by atoms with Crippen LogP contribution in [0, 0.1) is 5.82 Å². The standard InChI is InChI=1S/C14H18ClFN2O.ClH/c1-18(11-3-2-7-17-8-6-11)14(19)10-4-5-13(16)12(15)9-10;/h4-5,9,11,17H,2-3,6-8H2,1H3;1H. The van der Waals surface area contributed by atoms with E-state index in [4.69, 9.17) is 11.6 Å². The van der Waals surface area contributed by atoms with E-state index in [0.717, 1.165) is 32.4 Å². The Hall–Kier alpha value is -0.840. The van der Waals surface area contributed by atoms with Crippen LogP contribution in [-0.2, 0) is 0 Å². The number of carbonyl (C=O) groups excluding carboxylic acids is 1. The molecule has 1 atom stereocenters. The highest BCUT2D eigenvalue weighted by molar-refractivity contribution is 6.31. The third-order valence-corrected chi connectivity index (χ3v) is 3.87. The lowest BCUT2D eigenvalue weighted by Gasteiger charge is -2.27. The van der Waals surface area contributed by atoms with Crippen LogP contribution in [0.3, 0.4) is 0 Å². The third kappa shape index (κ3) is 4.08. The highest BCUT2D eigenvalue weighted by Crippen LogP contribution is 2.19. The first-order valence-electron chi connectivity index (χ1n) is 6.52. The maximum absolute atomic E-state index is 13.1. The van der Waals surface area contributed by atoms with E-state index < -0.39 is 5.82 Å². The first-order valence-corrected chi connectivity index (χ1v) is 6.90. The molecule has 0 radical (unpaired) electrons. The Morgan fingerprint density at radius 1 is 1.40 bits per heavy atom. The molecular weight excluding hydrogens is 302 g/mol. The molecule has 0 aliphatic carbocycles. The summed E-state index contributed by atoms with van der Waals surface area (Å²) in [6.07, 6.45) is 2.99. The van der Waals surface area contributed by atoms with Gasteiger partial charge in [-0.05, 0) is 50.6 Å². The molecule has 1 aromatic carbocycles. The minimum atomic E-state index is -0.500. The summed E-state index contributed by atoms with van der Waals surface area (Å²) in [7, 11) is 1.80. The van der Waals surface area contributed by atoms with Crippen LogP contribution in [0.5, 0.6) is 0 Å². The zero-order valence-electron chi connectivity index (χ0n) is 11.4. The molecule has 1 aliphatic rings. The molecule has 0 spiro atoms. The number of carbonyl (C=O) groups is 1. The Bertz CT molecular complexity index is 462. The van der Waals surface area contributed by atoms with E-state index in [9.17, 15) is 9.18 Å². The number of hydrogen-bond acceptors (Lipinski definition) is 2. The van der Waals surface area contributed by atoms with Crippen LogP contribution in [0.15, 0.2) is 18.2 Å². The Kier molecular flexibility index (Phi) is 6.72. The number of nitrogens with one attached hydrogen (secondary N) is 1. The second kappa shape index (κ2) is 7.81. The second-order valence-corrected chi connectivity index (χ2v) is 5.29. The van der Waals surface area contributed by atoms with Crippen LogP contribution in [0.2, 0.25) is 5.02 Å². The summed E-state index contributed by atoms with van der Waals surface area (Å²) >= 11 is 5.72. The molecule has 1 N–H and O–H groups in total. The van der Waals surface area contributed by atoms with Gasteiger partial charge >= 0.3 is 0 Å². The van der Waals surface area contributed by atoms with E-state index in [1.54, 1.807) is 11.9 Å². The molecule has 1 fully saturated rings. The van der Waals surface area contributed by atoms with Crippen molar-refractivity contribution in [3.63, 3.8) is 0 Å². The molecule has 3 nitrogen and oxygen atoms in total. The minimum absolute atomic E-state index is 0. The molecule has 0 aromatic heterocycles. The molecule has 0 saturated carbocycles. The van der Waals surface area contributed by atoms with Crippen molar-refractivity contribution in [2.45, 2.75) is 25.3 Å². The summed E-state index contributed by atoms with van der Waals surface area (Å²) in [5.41, 5.74) is 0.436. The van der Waals surface area contributed by atoms with Gasteiger partial charge in [0.2, 0.25) is 0 Å². The fourth-order valence-electron chi connectivity index (χ4n) is 2.39. The average Bonchev–Trinajstić information content (AvgIpc) is 2.69. The lowest BCUT2D eigenvalue weighted by molar-refractivity contribution is 0.0720. The largest absolute Gasteiger partial charge is 0.339 e. The van der Waals surface area contributed by atoms with E-state index in [2.05, 4.69) is 5.32 Å². The zero-order valence-corrected chi connectivity index (χ0v) is 12.9. The first-order chi connectivity index (χ1) is 9.09. The average molecular weight is 321 g/mol. The van der Waals surface area contributed by atoms with Gasteiger partial charge in [-0.2, -0.15) is 0 Å². The highest BCUT2D eigenvalue weighted by Gasteiger charge is 2.22. The van der Waals surface area contributed by atoms with Crippen LogP contribution < -0.4 is 5.32 Å². The van der Waals surface area contributed by atoms with E-state index in [0.29, 0.717) is 5.56 Å². The highest BCUT2D eigenvalue weighted by atomic mass is 35.5. The minimum Gasteiger partial charge on any atom is -0.339 e. The lowest BCUT2D eigenvalue weighted by atomic mass is 10.1. The maximum Gasteiger partial charge on any atom is 0.253 e. The van der Waals surface area contributed by atoms with Crippen molar-refractivity contribution in [2.75, 3.05) is 20.1 Å². The van der Waals surface area contributed by atoms with Gasteiger partial charge in [0.05, 0.1) is 5.02 Å². The van der Waals surface area contributed by atoms with Gasteiger partial charge in [0.25, 0.3) is 5.91 Å². The zero-order chi connectivity index (χ0) is 13.8. The van der Waals surface area contributed by atoms with Gasteiger partial charge in [-0.15, -0.1) is 12.4 Å². The molecule has 1 aromatic rings. The molecule has 112 valence electrons. The van der Waals surface area contributed by atoms with Crippen molar-refractivity contribution in [1.29, 1.82) is 0 Å².